The van der Waals surface area contributed by atoms with Gasteiger partial charge in [-0.2, -0.15) is 5.26 Å². The molecule has 0 radical (unpaired) electrons. The first-order valence-corrected chi connectivity index (χ1v) is 2.82. The molecule has 0 aliphatic rings. The van der Waals surface area contributed by atoms with E-state index in [0.29, 0.717) is 5.56 Å². The second-order valence-corrected chi connectivity index (χ2v) is 1.82. The first-order chi connectivity index (χ1) is 4.84. The van der Waals surface area contributed by atoms with Crippen molar-refractivity contribution < 1.29 is 5.11 Å². The summed E-state index contributed by atoms with van der Waals surface area (Å²) in [5, 5.41) is 17.2. The maximum Gasteiger partial charge on any atom is 0.167 e. The summed E-state index contributed by atoms with van der Waals surface area (Å²) < 4.78 is 0. The van der Waals surface area contributed by atoms with E-state index in [0.717, 1.165) is 0 Å². The Balaban J connectivity index is 2.88. The summed E-state index contributed by atoms with van der Waals surface area (Å²) in [6.45, 7) is 0. The highest BCUT2D eigenvalue weighted by atomic mass is 16.3. The number of nitrogens with zero attached hydrogens (tertiary/aromatic N) is 2. The van der Waals surface area contributed by atoms with Gasteiger partial charge in [0.15, 0.2) is 6.10 Å². The van der Waals surface area contributed by atoms with E-state index in [9.17, 15) is 0 Å². The van der Waals surface area contributed by atoms with Gasteiger partial charge in [0.05, 0.1) is 6.07 Å². The molecule has 0 aliphatic heterocycles. The zero-order valence-corrected chi connectivity index (χ0v) is 5.23. The van der Waals surface area contributed by atoms with Crippen molar-refractivity contribution >= 4 is 0 Å². The van der Waals surface area contributed by atoms with Crippen molar-refractivity contribution in [3.8, 4) is 6.07 Å². The molecule has 0 aromatic carbocycles. The number of aliphatic hydroxyl groups excluding tert-OH is 1. The summed E-state index contributed by atoms with van der Waals surface area (Å²) >= 11 is 0. The van der Waals surface area contributed by atoms with Crippen LogP contribution in [0.5, 0.6) is 0 Å². The van der Waals surface area contributed by atoms with Crippen LogP contribution in [0.3, 0.4) is 0 Å². The highest BCUT2D eigenvalue weighted by Gasteiger charge is 2.02. The van der Waals surface area contributed by atoms with E-state index in [2.05, 4.69) is 4.98 Å². The molecule has 0 spiro atoms. The molecule has 0 fully saturated rings. The Morgan fingerprint density at radius 3 is 3.00 bits per heavy atom. The Morgan fingerprint density at radius 2 is 2.50 bits per heavy atom. The summed E-state index contributed by atoms with van der Waals surface area (Å²) in [5.41, 5.74) is 0.532. The number of hydrogen-bond acceptors (Lipinski definition) is 3. The van der Waals surface area contributed by atoms with E-state index >= 15 is 0 Å². The van der Waals surface area contributed by atoms with Crippen LogP contribution in [0, 0.1) is 11.3 Å². The number of pyridine rings is 1. The van der Waals surface area contributed by atoms with E-state index in [-0.39, 0.29) is 0 Å². The van der Waals surface area contributed by atoms with Gasteiger partial charge in [-0.05, 0) is 6.07 Å². The van der Waals surface area contributed by atoms with E-state index in [1.165, 1.54) is 6.20 Å². The van der Waals surface area contributed by atoms with Crippen molar-refractivity contribution in [2.24, 2.45) is 0 Å². The third kappa shape index (κ3) is 1.30. The molecule has 0 saturated heterocycles. The lowest BCUT2D eigenvalue weighted by atomic mass is 10.2. The molecule has 50 valence electrons. The van der Waals surface area contributed by atoms with Crippen molar-refractivity contribution in [2.75, 3.05) is 0 Å². The minimum atomic E-state index is -1.05. The van der Waals surface area contributed by atoms with Crippen LogP contribution in [0.2, 0.25) is 0 Å². The number of aliphatic hydroxyl groups is 1. The fourth-order valence-electron chi connectivity index (χ4n) is 0.612. The van der Waals surface area contributed by atoms with Crippen molar-refractivity contribution in [3.63, 3.8) is 0 Å². The Labute approximate surface area is 58.6 Å². The fourth-order valence-corrected chi connectivity index (χ4v) is 0.612. The molecule has 1 aromatic heterocycles. The summed E-state index contributed by atoms with van der Waals surface area (Å²) in [7, 11) is 0. The van der Waals surface area contributed by atoms with E-state index in [1.54, 1.807) is 24.4 Å². The van der Waals surface area contributed by atoms with Gasteiger partial charge in [-0.25, -0.2) is 0 Å². The lowest BCUT2D eigenvalue weighted by molar-refractivity contribution is 0.235. The lowest BCUT2D eigenvalue weighted by Crippen LogP contribution is -1.92. The maximum absolute atomic E-state index is 8.93. The number of rotatable bonds is 1. The van der Waals surface area contributed by atoms with Gasteiger partial charge in [-0.3, -0.25) is 4.98 Å². The molecule has 0 saturated carbocycles. The molecule has 0 unspecified atom stereocenters. The quantitative estimate of drug-likeness (QED) is 0.573. The van der Waals surface area contributed by atoms with Crippen LogP contribution >= 0.6 is 0 Å². The van der Waals surface area contributed by atoms with Crippen LogP contribution in [0.4, 0.5) is 0 Å². The van der Waals surface area contributed by atoms with Crippen molar-refractivity contribution in [1.82, 2.24) is 4.98 Å². The van der Waals surface area contributed by atoms with Crippen LogP contribution in [0.15, 0.2) is 24.5 Å². The minimum absolute atomic E-state index is 0.532. The SMILES string of the molecule is N#C[C@@H](O)c1cccnc1. The third-order valence-electron chi connectivity index (χ3n) is 1.12. The Morgan fingerprint density at radius 1 is 1.70 bits per heavy atom. The monoisotopic (exact) mass is 134 g/mol. The fraction of sp³-hybridized carbons (Fsp3) is 0.143. The maximum atomic E-state index is 8.93. The topological polar surface area (TPSA) is 56.9 Å². The van der Waals surface area contributed by atoms with Crippen LogP contribution in [0.25, 0.3) is 0 Å². The molecule has 1 N–H and O–H groups in total. The average Bonchev–Trinajstić information content (AvgIpc) is 2.05. The van der Waals surface area contributed by atoms with Crippen LogP contribution in [0.1, 0.15) is 11.7 Å². The number of nitriles is 1. The van der Waals surface area contributed by atoms with Gasteiger partial charge in [-0.1, -0.05) is 6.07 Å². The molecule has 1 aromatic rings. The number of aromatic nitrogens is 1. The van der Waals surface area contributed by atoms with Crippen molar-refractivity contribution in [3.05, 3.63) is 30.1 Å². The standard InChI is InChI=1S/C7H6N2O/c8-4-7(10)6-2-1-3-9-5-6/h1-3,5,7,10H/t7-/m1/s1. The summed E-state index contributed by atoms with van der Waals surface area (Å²) in [6, 6.07) is 5.03. The largest absolute Gasteiger partial charge is 0.374 e. The molecule has 0 aliphatic carbocycles. The number of hydrogen-bond donors (Lipinski definition) is 1. The summed E-state index contributed by atoms with van der Waals surface area (Å²) in [5.74, 6) is 0. The van der Waals surface area contributed by atoms with Crippen molar-refractivity contribution in [1.29, 1.82) is 5.26 Å². The van der Waals surface area contributed by atoms with Gasteiger partial charge in [0.1, 0.15) is 0 Å². The van der Waals surface area contributed by atoms with Crippen LogP contribution in [-0.2, 0) is 0 Å². The van der Waals surface area contributed by atoms with E-state index in [1.807, 2.05) is 0 Å². The Bertz CT molecular complexity index is 240. The molecule has 0 bridgehead atoms. The smallest absolute Gasteiger partial charge is 0.167 e. The van der Waals surface area contributed by atoms with E-state index in [4.69, 9.17) is 10.4 Å². The van der Waals surface area contributed by atoms with Crippen LogP contribution in [-0.4, -0.2) is 10.1 Å². The summed E-state index contributed by atoms with van der Waals surface area (Å²) in [4.78, 5) is 3.74. The Kier molecular flexibility index (Phi) is 1.98. The second kappa shape index (κ2) is 2.95. The minimum Gasteiger partial charge on any atom is -0.374 e. The molecule has 1 heterocycles. The first-order valence-electron chi connectivity index (χ1n) is 2.82. The molecule has 10 heavy (non-hydrogen) atoms. The Hall–Kier alpha value is -1.40. The van der Waals surface area contributed by atoms with E-state index < -0.39 is 6.10 Å². The third-order valence-corrected chi connectivity index (χ3v) is 1.12. The molecule has 0 amide bonds. The molecular weight excluding hydrogens is 128 g/mol. The van der Waals surface area contributed by atoms with Gasteiger partial charge >= 0.3 is 0 Å². The molecular formula is C7H6N2O. The van der Waals surface area contributed by atoms with Crippen molar-refractivity contribution in [2.45, 2.75) is 6.10 Å². The van der Waals surface area contributed by atoms with Crippen LogP contribution < -0.4 is 0 Å². The molecule has 1 rings (SSSR count). The molecule has 1 atom stereocenters. The van der Waals surface area contributed by atoms with Gasteiger partial charge < -0.3 is 5.11 Å². The zero-order valence-electron chi connectivity index (χ0n) is 5.23. The van der Waals surface area contributed by atoms with Gasteiger partial charge in [0.25, 0.3) is 0 Å². The van der Waals surface area contributed by atoms with Gasteiger partial charge in [0, 0.05) is 18.0 Å². The first kappa shape index (κ1) is 6.72. The highest BCUT2D eigenvalue weighted by Crippen LogP contribution is 2.07. The molecule has 3 heteroatoms. The molecule has 3 nitrogen and oxygen atoms in total. The normalized spacial score (nSPS) is 12.0. The zero-order chi connectivity index (χ0) is 7.40. The average molecular weight is 134 g/mol. The predicted molar refractivity (Wildman–Crippen MR) is 34.8 cm³/mol. The second-order valence-electron chi connectivity index (χ2n) is 1.82. The summed E-state index contributed by atoms with van der Waals surface area (Å²) in [6.07, 6.45) is 2.01. The van der Waals surface area contributed by atoms with Gasteiger partial charge in [0.2, 0.25) is 0 Å². The van der Waals surface area contributed by atoms with Gasteiger partial charge in [-0.15, -0.1) is 0 Å². The highest BCUT2D eigenvalue weighted by molar-refractivity contribution is 5.16. The predicted octanol–water partition coefficient (Wildman–Crippen LogP) is 0.639. The lowest BCUT2D eigenvalue weighted by Gasteiger charge is -1.97.